The molecule has 0 amide bonds. The van der Waals surface area contributed by atoms with Crippen molar-refractivity contribution in [2.45, 2.75) is 39.5 Å². The predicted molar refractivity (Wildman–Crippen MR) is 98.7 cm³/mol. The van der Waals surface area contributed by atoms with Crippen LogP contribution in [0.5, 0.6) is 0 Å². The zero-order valence-corrected chi connectivity index (χ0v) is 16.6. The molecule has 0 bridgehead atoms. The minimum atomic E-state index is 0.721. The molecule has 8 heteroatoms. The Balaban J connectivity index is 0.000000816. The molecule has 2 heterocycles. The molecule has 23 heavy (non-hydrogen) atoms. The van der Waals surface area contributed by atoms with E-state index in [1.54, 1.807) is 0 Å². The average molecular weight is 425 g/mol. The van der Waals surface area contributed by atoms with E-state index in [-0.39, 0.29) is 0 Å². The van der Waals surface area contributed by atoms with E-state index in [0.717, 1.165) is 48.4 Å². The van der Waals surface area contributed by atoms with Crippen molar-refractivity contribution in [2.24, 2.45) is 5.10 Å². The second-order valence-corrected chi connectivity index (χ2v) is 7.16. The first-order valence-corrected chi connectivity index (χ1v) is 10.4. The summed E-state index contributed by atoms with van der Waals surface area (Å²) in [4.78, 5) is 6.66. The topological polar surface area (TPSA) is 40.5 Å². The van der Waals surface area contributed by atoms with Crippen molar-refractivity contribution in [3.63, 3.8) is 0 Å². The summed E-state index contributed by atoms with van der Waals surface area (Å²) in [7, 11) is 9.34. The molecule has 0 unspecified atom stereocenters. The van der Waals surface area contributed by atoms with Crippen LogP contribution < -0.4 is 5.43 Å². The first kappa shape index (κ1) is 20.7. The van der Waals surface area contributed by atoms with Gasteiger partial charge in [-0.15, -0.1) is 0 Å². The third kappa shape index (κ3) is 8.32. The molecule has 133 valence electrons. The molecule has 0 saturated carbocycles. The Labute approximate surface area is 158 Å². The zero-order valence-electron chi connectivity index (χ0n) is 13.3. The van der Waals surface area contributed by atoms with Crippen LogP contribution in [0.2, 0.25) is 0 Å². The Hall–Kier alpha value is -0.391. The number of rotatable bonds is 2. The van der Waals surface area contributed by atoms with E-state index in [2.05, 4.69) is 40.6 Å². The summed E-state index contributed by atoms with van der Waals surface area (Å²) in [5.41, 5.74) is 5.73. The summed E-state index contributed by atoms with van der Waals surface area (Å²) in [6.45, 7) is 5.98. The first-order valence-electron chi connectivity index (χ1n) is 7.43. The molecular formula is C15H22Cl2CuN4S. The van der Waals surface area contributed by atoms with Gasteiger partial charge < -0.3 is 4.90 Å². The summed E-state index contributed by atoms with van der Waals surface area (Å²) in [6.07, 6.45) is 5.02. The van der Waals surface area contributed by atoms with Gasteiger partial charge in [-0.25, -0.2) is 0 Å². The Bertz CT molecular complexity index is 520. The number of nitrogens with zero attached hydrogens (tertiary/aromatic N) is 3. The molecule has 0 aliphatic carbocycles. The van der Waals surface area contributed by atoms with Crippen molar-refractivity contribution < 1.29 is 13.1 Å². The minimum absolute atomic E-state index is 0.721. The van der Waals surface area contributed by atoms with E-state index >= 15 is 0 Å². The molecule has 2 rings (SSSR count). The monoisotopic (exact) mass is 423 g/mol. The second-order valence-electron chi connectivity index (χ2n) is 5.22. The molecule has 1 aliphatic rings. The summed E-state index contributed by atoms with van der Waals surface area (Å²) in [6, 6.07) is 5.93. The van der Waals surface area contributed by atoms with Gasteiger partial charge in [0.1, 0.15) is 0 Å². The van der Waals surface area contributed by atoms with E-state index in [1.165, 1.54) is 25.7 Å². The number of thiocarbonyl (C=S) groups is 1. The van der Waals surface area contributed by atoms with Crippen molar-refractivity contribution in [3.8, 4) is 0 Å². The quantitative estimate of drug-likeness (QED) is 0.333. The molecule has 1 saturated heterocycles. The van der Waals surface area contributed by atoms with E-state index in [0.29, 0.717) is 0 Å². The Morgan fingerprint density at radius 3 is 2.43 bits per heavy atom. The fourth-order valence-electron chi connectivity index (χ4n) is 2.28. The fourth-order valence-corrected chi connectivity index (χ4v) is 2.51. The molecule has 1 aliphatic heterocycles. The number of pyridine rings is 1. The van der Waals surface area contributed by atoms with Crippen LogP contribution in [0, 0.1) is 6.92 Å². The van der Waals surface area contributed by atoms with Crippen molar-refractivity contribution in [1.82, 2.24) is 15.3 Å². The molecule has 0 radical (unpaired) electrons. The number of hydrazone groups is 1. The number of aromatic nitrogens is 1. The summed E-state index contributed by atoms with van der Waals surface area (Å²) in [5, 5.41) is 5.08. The summed E-state index contributed by atoms with van der Waals surface area (Å²) in [5.74, 6) is 0. The third-order valence-corrected chi connectivity index (χ3v) is 3.82. The second kappa shape index (κ2) is 12.0. The van der Waals surface area contributed by atoms with Gasteiger partial charge in [-0.2, -0.15) is 5.10 Å². The standard InChI is InChI=1S/C15H22N4S.2ClH.Cu/c1-12-8-7-9-14(16-12)13(2)17-18-15(20)19-10-5-3-4-6-11-19;;;/h7-9H,3-6,10-11H2,1-2H3,(H,18,20);2*1H;/q;;;+2/p-2/b17-13+;;;. The molecular weight excluding hydrogens is 403 g/mol. The van der Waals surface area contributed by atoms with Crippen LogP contribution in [-0.4, -0.2) is 33.8 Å². The van der Waals surface area contributed by atoms with Crippen LogP contribution in [-0.2, 0) is 13.1 Å². The molecule has 4 nitrogen and oxygen atoms in total. The Morgan fingerprint density at radius 2 is 1.87 bits per heavy atom. The summed E-state index contributed by atoms with van der Waals surface area (Å²) < 4.78 is 0. The number of halogens is 2. The van der Waals surface area contributed by atoms with Crippen LogP contribution in [0.3, 0.4) is 0 Å². The Morgan fingerprint density at radius 1 is 1.26 bits per heavy atom. The van der Waals surface area contributed by atoms with Crippen LogP contribution in [0.4, 0.5) is 0 Å². The molecule has 1 aromatic heterocycles. The number of hydrogen-bond acceptors (Lipinski definition) is 3. The molecule has 1 N–H and O–H groups in total. The van der Waals surface area contributed by atoms with E-state index < -0.39 is 0 Å². The number of hydrogen-bond donors (Lipinski definition) is 1. The average Bonchev–Trinajstić information content (AvgIpc) is 2.82. The third-order valence-electron chi connectivity index (χ3n) is 3.47. The Kier molecular flexibility index (Phi) is 10.8. The van der Waals surface area contributed by atoms with Crippen LogP contribution >= 0.6 is 32.4 Å². The number of aryl methyl sites for hydroxylation is 1. The zero-order chi connectivity index (χ0) is 17.1. The summed E-state index contributed by atoms with van der Waals surface area (Å²) >= 11 is 6.17. The van der Waals surface area contributed by atoms with Gasteiger partial charge in [-0.1, -0.05) is 18.9 Å². The molecule has 0 atom stereocenters. The van der Waals surface area contributed by atoms with Crippen LogP contribution in [0.1, 0.15) is 44.0 Å². The number of likely N-dealkylation sites (tertiary alicyclic amines) is 1. The van der Waals surface area contributed by atoms with Gasteiger partial charge in [0.15, 0.2) is 5.11 Å². The maximum atomic E-state index is 5.42. The van der Waals surface area contributed by atoms with Gasteiger partial charge in [0, 0.05) is 18.8 Å². The fraction of sp³-hybridized carbons (Fsp3) is 0.533. The van der Waals surface area contributed by atoms with Crippen molar-refractivity contribution in [3.05, 3.63) is 29.6 Å². The van der Waals surface area contributed by atoms with E-state index in [4.69, 9.17) is 12.2 Å². The van der Waals surface area contributed by atoms with Gasteiger partial charge in [0.05, 0.1) is 11.4 Å². The van der Waals surface area contributed by atoms with Gasteiger partial charge in [0.25, 0.3) is 0 Å². The van der Waals surface area contributed by atoms with Crippen molar-refractivity contribution in [2.75, 3.05) is 13.1 Å². The predicted octanol–water partition coefficient (Wildman–Crippen LogP) is 4.24. The molecule has 0 spiro atoms. The first-order chi connectivity index (χ1) is 11.1. The van der Waals surface area contributed by atoms with Crippen LogP contribution in [0.25, 0.3) is 0 Å². The van der Waals surface area contributed by atoms with E-state index in [9.17, 15) is 0 Å². The van der Waals surface area contributed by atoms with E-state index in [1.807, 2.05) is 32.0 Å². The van der Waals surface area contributed by atoms with Gasteiger partial charge >= 0.3 is 33.3 Å². The molecule has 1 fully saturated rings. The van der Waals surface area contributed by atoms with Gasteiger partial charge in [-0.05, 0) is 51.0 Å². The normalized spacial score (nSPS) is 15.5. The SMILES string of the molecule is C/C(=N\NC(=S)N1CCCCCC1)c1cccc(C)n1.[Cl][Cu][Cl]. The van der Waals surface area contributed by atoms with Crippen molar-refractivity contribution in [1.29, 1.82) is 0 Å². The molecule has 0 aromatic carbocycles. The molecule has 1 aromatic rings. The van der Waals surface area contributed by atoms with Gasteiger partial charge in [0.2, 0.25) is 0 Å². The van der Waals surface area contributed by atoms with Crippen LogP contribution in [0.15, 0.2) is 23.3 Å². The van der Waals surface area contributed by atoms with Gasteiger partial charge in [-0.3, -0.25) is 10.4 Å². The number of nitrogens with one attached hydrogen (secondary N) is 1. The van der Waals surface area contributed by atoms with Crippen molar-refractivity contribution >= 4 is 43.2 Å². The maximum absolute atomic E-state index is 5.42.